The molecule has 3 aromatic carbocycles. The summed E-state index contributed by atoms with van der Waals surface area (Å²) in [6.45, 7) is 2.27. The predicted molar refractivity (Wildman–Crippen MR) is 123 cm³/mol. The van der Waals surface area contributed by atoms with Gasteiger partial charge in [-0.1, -0.05) is 81.5 Å². The Morgan fingerprint density at radius 1 is 0.800 bits per heavy atom. The van der Waals surface area contributed by atoms with Crippen LogP contribution in [0.25, 0.3) is 21.9 Å². The van der Waals surface area contributed by atoms with E-state index in [0.717, 1.165) is 11.3 Å². The molecule has 2 heteroatoms. The van der Waals surface area contributed by atoms with Crippen LogP contribution in [0, 0.1) is 17.6 Å². The molecule has 1 aliphatic rings. The van der Waals surface area contributed by atoms with Crippen molar-refractivity contribution in [2.75, 3.05) is 0 Å². The van der Waals surface area contributed by atoms with Crippen LogP contribution in [0.2, 0.25) is 0 Å². The smallest absolute Gasteiger partial charge is 0.138 e. The monoisotopic (exact) mass is 406 g/mol. The highest BCUT2D eigenvalue weighted by Crippen LogP contribution is 2.39. The van der Waals surface area contributed by atoms with E-state index in [0.29, 0.717) is 22.4 Å². The Morgan fingerprint density at radius 2 is 1.57 bits per heavy atom. The molecule has 0 radical (unpaired) electrons. The fourth-order valence-electron chi connectivity index (χ4n) is 5.06. The first kappa shape index (κ1) is 21.0. The largest absolute Gasteiger partial charge is 0.207 e. The Labute approximate surface area is 179 Å². The molecule has 4 rings (SSSR count). The molecule has 1 aliphatic carbocycles. The van der Waals surface area contributed by atoms with Gasteiger partial charge in [0.05, 0.1) is 0 Å². The molecule has 0 nitrogen and oxygen atoms in total. The molecule has 1 fully saturated rings. The van der Waals surface area contributed by atoms with Gasteiger partial charge in [-0.3, -0.25) is 0 Å². The average molecular weight is 407 g/mol. The lowest BCUT2D eigenvalue weighted by atomic mass is 9.76. The normalized spacial score (nSPS) is 19.3. The van der Waals surface area contributed by atoms with Crippen LogP contribution >= 0.6 is 0 Å². The van der Waals surface area contributed by atoms with E-state index in [4.69, 9.17) is 0 Å². The van der Waals surface area contributed by atoms with Crippen LogP contribution in [-0.4, -0.2) is 0 Å². The summed E-state index contributed by atoms with van der Waals surface area (Å²) in [5.41, 5.74) is 2.58. The molecule has 0 aromatic heterocycles. The van der Waals surface area contributed by atoms with Crippen LogP contribution in [-0.2, 0) is 0 Å². The number of rotatable bonds is 7. The minimum Gasteiger partial charge on any atom is -0.207 e. The third kappa shape index (κ3) is 4.74. The highest BCUT2D eigenvalue weighted by Gasteiger charge is 2.22. The molecular weight excluding hydrogens is 374 g/mol. The zero-order chi connectivity index (χ0) is 20.9. The van der Waals surface area contributed by atoms with E-state index in [1.165, 1.54) is 75.5 Å². The van der Waals surface area contributed by atoms with Crippen molar-refractivity contribution in [2.45, 2.75) is 70.6 Å². The maximum atomic E-state index is 15.2. The minimum atomic E-state index is -0.305. The third-order valence-electron chi connectivity index (χ3n) is 6.92. The highest BCUT2D eigenvalue weighted by molar-refractivity contribution is 5.88. The maximum Gasteiger partial charge on any atom is 0.138 e. The summed E-state index contributed by atoms with van der Waals surface area (Å²) in [6, 6.07) is 16.1. The molecule has 0 amide bonds. The fraction of sp³-hybridized carbons (Fsp3) is 0.429. The van der Waals surface area contributed by atoms with Crippen molar-refractivity contribution in [1.82, 2.24) is 0 Å². The number of halogens is 2. The van der Waals surface area contributed by atoms with Gasteiger partial charge in [-0.25, -0.2) is 8.78 Å². The number of unbranched alkanes of at least 4 members (excludes halogenated alkanes) is 3. The quantitative estimate of drug-likeness (QED) is 0.343. The topological polar surface area (TPSA) is 0 Å². The summed E-state index contributed by atoms with van der Waals surface area (Å²) in [7, 11) is 0. The zero-order valence-corrected chi connectivity index (χ0v) is 18.0. The molecule has 30 heavy (non-hydrogen) atoms. The maximum absolute atomic E-state index is 15.2. The first-order chi connectivity index (χ1) is 14.7. The average Bonchev–Trinajstić information content (AvgIpc) is 2.78. The molecule has 0 unspecified atom stereocenters. The Morgan fingerprint density at radius 3 is 2.30 bits per heavy atom. The molecule has 3 aromatic rings. The summed E-state index contributed by atoms with van der Waals surface area (Å²) >= 11 is 0. The van der Waals surface area contributed by atoms with E-state index in [-0.39, 0.29) is 11.6 Å². The fourth-order valence-corrected chi connectivity index (χ4v) is 5.06. The van der Waals surface area contributed by atoms with E-state index < -0.39 is 0 Å². The molecule has 0 bridgehead atoms. The van der Waals surface area contributed by atoms with E-state index in [9.17, 15) is 4.39 Å². The minimum absolute atomic E-state index is 0.221. The summed E-state index contributed by atoms with van der Waals surface area (Å²) in [6.07, 6.45) is 12.0. The lowest BCUT2D eigenvalue weighted by molar-refractivity contribution is 0.302. The van der Waals surface area contributed by atoms with Crippen LogP contribution in [0.1, 0.15) is 76.2 Å². The molecule has 0 N–H and O–H groups in total. The second-order valence-electron chi connectivity index (χ2n) is 8.98. The van der Waals surface area contributed by atoms with Crippen LogP contribution in [0.4, 0.5) is 8.78 Å². The number of benzene rings is 3. The van der Waals surface area contributed by atoms with Crippen molar-refractivity contribution in [3.8, 4) is 11.1 Å². The standard InChI is InChI=1S/C28H32F2/c1-2-3-4-5-6-20-7-9-21(10-8-20)23-13-17-27-24(19-23)14-18-26(28(27)30)22-11-15-25(29)16-12-22/h11-21H,2-10H2,1H3/t20-,21-. The van der Waals surface area contributed by atoms with Crippen molar-refractivity contribution in [3.63, 3.8) is 0 Å². The van der Waals surface area contributed by atoms with Gasteiger partial charge >= 0.3 is 0 Å². The Hall–Kier alpha value is -2.22. The third-order valence-corrected chi connectivity index (χ3v) is 6.92. The first-order valence-corrected chi connectivity index (χ1v) is 11.6. The summed E-state index contributed by atoms with van der Waals surface area (Å²) in [4.78, 5) is 0. The summed E-state index contributed by atoms with van der Waals surface area (Å²) in [5.74, 6) is 0.970. The van der Waals surface area contributed by atoms with Crippen molar-refractivity contribution in [2.24, 2.45) is 5.92 Å². The second kappa shape index (κ2) is 9.73. The van der Waals surface area contributed by atoms with Gasteiger partial charge in [0, 0.05) is 10.9 Å². The van der Waals surface area contributed by atoms with Crippen LogP contribution in [0.15, 0.2) is 54.6 Å². The van der Waals surface area contributed by atoms with Crippen LogP contribution < -0.4 is 0 Å². The molecule has 0 spiro atoms. The molecular formula is C28H32F2. The van der Waals surface area contributed by atoms with Gasteiger partial charge in [0.15, 0.2) is 0 Å². The van der Waals surface area contributed by atoms with E-state index in [1.54, 1.807) is 12.1 Å². The molecule has 158 valence electrons. The van der Waals surface area contributed by atoms with E-state index >= 15 is 4.39 Å². The number of hydrogen-bond donors (Lipinski definition) is 0. The molecule has 1 saturated carbocycles. The lowest BCUT2D eigenvalue weighted by Crippen LogP contribution is -2.13. The van der Waals surface area contributed by atoms with Crippen molar-refractivity contribution in [3.05, 3.63) is 71.8 Å². The summed E-state index contributed by atoms with van der Waals surface area (Å²) < 4.78 is 28.4. The Kier molecular flexibility index (Phi) is 6.82. The number of fused-ring (bicyclic) bond motifs is 1. The molecule has 0 heterocycles. The Bertz CT molecular complexity index is 966. The summed E-state index contributed by atoms with van der Waals surface area (Å²) in [5, 5.41) is 1.60. The first-order valence-electron chi connectivity index (χ1n) is 11.6. The van der Waals surface area contributed by atoms with Crippen molar-refractivity contribution >= 4 is 10.8 Å². The van der Waals surface area contributed by atoms with E-state index in [1.807, 2.05) is 18.2 Å². The zero-order valence-electron chi connectivity index (χ0n) is 18.0. The van der Waals surface area contributed by atoms with Gasteiger partial charge in [0.2, 0.25) is 0 Å². The lowest BCUT2D eigenvalue weighted by Gasteiger charge is -2.29. The van der Waals surface area contributed by atoms with Gasteiger partial charge < -0.3 is 0 Å². The van der Waals surface area contributed by atoms with Gasteiger partial charge in [-0.15, -0.1) is 0 Å². The van der Waals surface area contributed by atoms with Gasteiger partial charge in [-0.2, -0.15) is 0 Å². The van der Waals surface area contributed by atoms with Crippen LogP contribution in [0.3, 0.4) is 0 Å². The molecule has 0 saturated heterocycles. The van der Waals surface area contributed by atoms with Crippen LogP contribution in [0.5, 0.6) is 0 Å². The van der Waals surface area contributed by atoms with Crippen molar-refractivity contribution < 1.29 is 8.78 Å². The molecule has 0 aliphatic heterocycles. The van der Waals surface area contributed by atoms with E-state index in [2.05, 4.69) is 19.1 Å². The highest BCUT2D eigenvalue weighted by atomic mass is 19.1. The molecule has 0 atom stereocenters. The van der Waals surface area contributed by atoms with Gasteiger partial charge in [0.25, 0.3) is 0 Å². The van der Waals surface area contributed by atoms with Gasteiger partial charge in [0.1, 0.15) is 11.6 Å². The Balaban J connectivity index is 1.45. The predicted octanol–water partition coefficient (Wildman–Crippen LogP) is 9.03. The second-order valence-corrected chi connectivity index (χ2v) is 8.98. The van der Waals surface area contributed by atoms with Gasteiger partial charge in [-0.05, 0) is 66.2 Å². The van der Waals surface area contributed by atoms with Crippen molar-refractivity contribution in [1.29, 1.82) is 0 Å². The SMILES string of the molecule is CCCCCC[C@H]1CC[C@H](c2ccc3c(F)c(-c4ccc(F)cc4)ccc3c2)CC1. The number of hydrogen-bond acceptors (Lipinski definition) is 0.